The number of carbonyl (C=O) groups excluding carboxylic acids is 1. The minimum Gasteiger partial charge on any atom is -0.361 e. The molecule has 3 rings (SSSR count). The first-order valence-electron chi connectivity index (χ1n) is 11.0. The number of aromatic nitrogens is 1. The van der Waals surface area contributed by atoms with Gasteiger partial charge >= 0.3 is 0 Å². The second-order valence-corrected chi connectivity index (χ2v) is 7.53. The van der Waals surface area contributed by atoms with Crippen molar-refractivity contribution in [3.05, 3.63) is 52.4 Å². The van der Waals surface area contributed by atoms with E-state index in [0.717, 1.165) is 66.5 Å². The molecule has 2 heterocycles. The number of hydrogen-bond donors (Lipinski definition) is 2. The summed E-state index contributed by atoms with van der Waals surface area (Å²) >= 11 is 0. The van der Waals surface area contributed by atoms with E-state index < -0.39 is 0 Å². The molecule has 2 N–H and O–H groups in total. The van der Waals surface area contributed by atoms with E-state index in [2.05, 4.69) is 54.8 Å². The fourth-order valence-corrected chi connectivity index (χ4v) is 3.74. The Morgan fingerprint density at radius 2 is 2.03 bits per heavy atom. The fraction of sp³-hybridized carbons (Fsp3) is 0.522. The average Bonchev–Trinajstić information content (AvgIpc) is 3.35. The summed E-state index contributed by atoms with van der Waals surface area (Å²) in [7, 11) is 0. The number of aryl methyl sites for hydroxylation is 2. The molecule has 1 aromatic carbocycles. The Morgan fingerprint density at radius 1 is 1.20 bits per heavy atom. The van der Waals surface area contributed by atoms with Crippen LogP contribution in [0.3, 0.4) is 0 Å². The molecule has 30 heavy (non-hydrogen) atoms. The Morgan fingerprint density at radius 3 is 2.73 bits per heavy atom. The summed E-state index contributed by atoms with van der Waals surface area (Å²) in [5.74, 6) is 1.95. The van der Waals surface area contributed by atoms with Gasteiger partial charge in [0.1, 0.15) is 5.76 Å². The lowest BCUT2D eigenvalue weighted by molar-refractivity contribution is -0.128. The number of nitrogens with one attached hydrogen (secondary N) is 2. The zero-order valence-electron chi connectivity index (χ0n) is 18.3. The largest absolute Gasteiger partial charge is 0.361 e. The Kier molecular flexibility index (Phi) is 7.88. The van der Waals surface area contributed by atoms with Crippen LogP contribution in [0.1, 0.15) is 61.8 Å². The van der Waals surface area contributed by atoms with Crippen molar-refractivity contribution in [2.24, 2.45) is 4.99 Å². The predicted octanol–water partition coefficient (Wildman–Crippen LogP) is 3.18. The smallest absolute Gasteiger partial charge is 0.222 e. The summed E-state index contributed by atoms with van der Waals surface area (Å²) in [5.41, 5.74) is 4.41. The summed E-state index contributed by atoms with van der Waals surface area (Å²) in [5, 5.41) is 10.9. The van der Waals surface area contributed by atoms with Gasteiger partial charge in [0.15, 0.2) is 5.96 Å². The van der Waals surface area contributed by atoms with Gasteiger partial charge < -0.3 is 20.1 Å². The molecule has 0 spiro atoms. The normalized spacial score (nSPS) is 14.4. The van der Waals surface area contributed by atoms with Crippen LogP contribution in [0.25, 0.3) is 0 Å². The molecule has 1 aliphatic rings. The third-order valence-electron chi connectivity index (χ3n) is 5.34. The Labute approximate surface area is 178 Å². The van der Waals surface area contributed by atoms with Crippen molar-refractivity contribution in [1.82, 2.24) is 20.7 Å². The van der Waals surface area contributed by atoms with Crippen LogP contribution in [-0.4, -0.2) is 35.0 Å². The average molecular weight is 412 g/mol. The van der Waals surface area contributed by atoms with Crippen molar-refractivity contribution < 1.29 is 9.32 Å². The third kappa shape index (κ3) is 5.62. The van der Waals surface area contributed by atoms with Gasteiger partial charge in [-0.2, -0.15) is 0 Å². The maximum atomic E-state index is 11.9. The number of guanidine groups is 1. The van der Waals surface area contributed by atoms with Gasteiger partial charge in [0, 0.05) is 44.6 Å². The van der Waals surface area contributed by atoms with Crippen LogP contribution >= 0.6 is 0 Å². The van der Waals surface area contributed by atoms with Crippen LogP contribution in [0, 0.1) is 0 Å². The number of amides is 1. The van der Waals surface area contributed by atoms with Gasteiger partial charge in [0.25, 0.3) is 0 Å². The number of aliphatic imine (C=N–C) groups is 1. The molecule has 0 atom stereocenters. The highest BCUT2D eigenvalue weighted by Crippen LogP contribution is 2.16. The number of benzene rings is 1. The maximum absolute atomic E-state index is 11.9. The van der Waals surface area contributed by atoms with Crippen molar-refractivity contribution in [2.45, 2.75) is 66.1 Å². The topological polar surface area (TPSA) is 82.8 Å². The van der Waals surface area contributed by atoms with Gasteiger partial charge in [0.2, 0.25) is 5.91 Å². The first-order chi connectivity index (χ1) is 14.6. The Balaban J connectivity index is 1.64. The highest BCUT2D eigenvalue weighted by atomic mass is 16.5. The van der Waals surface area contributed by atoms with Gasteiger partial charge in [-0.3, -0.25) is 4.79 Å². The molecule has 1 saturated heterocycles. The van der Waals surface area contributed by atoms with Crippen LogP contribution in [-0.2, 0) is 37.3 Å². The van der Waals surface area contributed by atoms with Crippen molar-refractivity contribution in [1.29, 1.82) is 0 Å². The molecule has 1 fully saturated rings. The molecular weight excluding hydrogens is 378 g/mol. The molecule has 0 radical (unpaired) electrons. The van der Waals surface area contributed by atoms with Crippen molar-refractivity contribution in [2.75, 3.05) is 13.1 Å². The Bertz CT molecular complexity index is 853. The Hall–Kier alpha value is -2.83. The summed E-state index contributed by atoms with van der Waals surface area (Å²) in [6, 6.07) is 8.34. The minimum atomic E-state index is 0.253. The number of nitrogens with zero attached hydrogens (tertiary/aromatic N) is 3. The lowest BCUT2D eigenvalue weighted by atomic mass is 10.1. The summed E-state index contributed by atoms with van der Waals surface area (Å²) in [6.45, 7) is 9.75. The number of likely N-dealkylation sites (tertiary alicyclic amines) is 1. The summed E-state index contributed by atoms with van der Waals surface area (Å²) < 4.78 is 5.45. The molecule has 0 aliphatic carbocycles. The zero-order valence-corrected chi connectivity index (χ0v) is 18.3. The van der Waals surface area contributed by atoms with Crippen LogP contribution in [0.15, 0.2) is 33.8 Å². The van der Waals surface area contributed by atoms with Gasteiger partial charge in [-0.15, -0.1) is 0 Å². The van der Waals surface area contributed by atoms with Gasteiger partial charge in [0.05, 0.1) is 12.2 Å². The summed E-state index contributed by atoms with van der Waals surface area (Å²) in [6.07, 6.45) is 3.31. The van der Waals surface area contributed by atoms with E-state index in [1.807, 2.05) is 11.0 Å². The van der Waals surface area contributed by atoms with Crippen LogP contribution < -0.4 is 10.6 Å². The van der Waals surface area contributed by atoms with Gasteiger partial charge in [-0.1, -0.05) is 43.3 Å². The van der Waals surface area contributed by atoms with E-state index in [1.54, 1.807) is 0 Å². The first-order valence-corrected chi connectivity index (χ1v) is 11.0. The van der Waals surface area contributed by atoms with Crippen LogP contribution in [0.5, 0.6) is 0 Å². The van der Waals surface area contributed by atoms with Crippen molar-refractivity contribution >= 4 is 11.9 Å². The minimum absolute atomic E-state index is 0.253. The predicted molar refractivity (Wildman–Crippen MR) is 118 cm³/mol. The number of hydrogen-bond acceptors (Lipinski definition) is 4. The van der Waals surface area contributed by atoms with E-state index in [1.165, 1.54) is 0 Å². The van der Waals surface area contributed by atoms with Crippen molar-refractivity contribution in [3.8, 4) is 0 Å². The van der Waals surface area contributed by atoms with E-state index in [4.69, 9.17) is 9.52 Å². The zero-order chi connectivity index (χ0) is 21.3. The lowest BCUT2D eigenvalue weighted by Crippen LogP contribution is -2.37. The third-order valence-corrected chi connectivity index (χ3v) is 5.34. The van der Waals surface area contributed by atoms with Gasteiger partial charge in [-0.05, 0) is 30.9 Å². The van der Waals surface area contributed by atoms with E-state index >= 15 is 0 Å². The molecule has 0 saturated carbocycles. The van der Waals surface area contributed by atoms with Crippen LogP contribution in [0.4, 0.5) is 0 Å². The molecule has 0 unspecified atom stereocenters. The monoisotopic (exact) mass is 411 g/mol. The van der Waals surface area contributed by atoms with Crippen molar-refractivity contribution in [3.63, 3.8) is 0 Å². The van der Waals surface area contributed by atoms with Crippen LogP contribution in [0.2, 0.25) is 0 Å². The molecule has 1 aromatic heterocycles. The second-order valence-electron chi connectivity index (χ2n) is 7.53. The molecule has 1 amide bonds. The summed E-state index contributed by atoms with van der Waals surface area (Å²) in [4.78, 5) is 18.6. The number of rotatable bonds is 9. The molecule has 7 heteroatoms. The first kappa shape index (κ1) is 21.9. The highest BCUT2D eigenvalue weighted by Gasteiger charge is 2.20. The van der Waals surface area contributed by atoms with E-state index in [-0.39, 0.29) is 5.91 Å². The second kappa shape index (κ2) is 10.8. The highest BCUT2D eigenvalue weighted by molar-refractivity contribution is 5.79. The molecule has 1 aliphatic heterocycles. The SMILES string of the molecule is CCNC(=NCc1cccc(CN2CCCC2=O)c1)NCc1c(CC)noc1CC. The molecule has 7 nitrogen and oxygen atoms in total. The molecule has 0 bridgehead atoms. The lowest BCUT2D eigenvalue weighted by Gasteiger charge is -2.16. The fourth-order valence-electron chi connectivity index (χ4n) is 3.74. The maximum Gasteiger partial charge on any atom is 0.222 e. The molecule has 2 aromatic rings. The van der Waals surface area contributed by atoms with E-state index in [9.17, 15) is 4.79 Å². The molecule has 162 valence electrons. The van der Waals surface area contributed by atoms with Gasteiger partial charge in [-0.25, -0.2) is 4.99 Å². The number of carbonyl (C=O) groups is 1. The quantitative estimate of drug-likeness (QED) is 0.489. The standard InChI is InChI=1S/C23H33N5O2/c1-4-20-19(21(5-2)30-27-20)15-26-23(24-6-3)25-14-17-9-7-10-18(13-17)16-28-12-8-11-22(28)29/h7,9-10,13H,4-6,8,11-12,14-16H2,1-3H3,(H2,24,25,26). The van der Waals surface area contributed by atoms with E-state index in [0.29, 0.717) is 26.1 Å². The molecular formula is C23H33N5O2.